The number of hydrogen-bond acceptors (Lipinski definition) is 5. The zero-order valence-electron chi connectivity index (χ0n) is 18.8. The number of nitrogens with zero attached hydrogens (tertiary/aromatic N) is 2. The van der Waals surface area contributed by atoms with Gasteiger partial charge in [0.25, 0.3) is 5.91 Å². The highest BCUT2D eigenvalue weighted by Crippen LogP contribution is 2.45. The van der Waals surface area contributed by atoms with Crippen LogP contribution in [0, 0.1) is 0 Å². The first kappa shape index (κ1) is 21.5. The number of carbonyl (C=O) groups is 2. The zero-order chi connectivity index (χ0) is 23.7. The van der Waals surface area contributed by atoms with E-state index in [-0.39, 0.29) is 5.91 Å². The second kappa shape index (κ2) is 8.86. The normalized spacial score (nSPS) is 14.7. The number of benzene rings is 3. The van der Waals surface area contributed by atoms with Crippen LogP contribution in [0.4, 0.5) is 5.69 Å². The van der Waals surface area contributed by atoms with E-state index in [1.165, 1.54) is 0 Å². The maximum atomic E-state index is 13.6. The highest BCUT2D eigenvalue weighted by molar-refractivity contribution is 6.12. The van der Waals surface area contributed by atoms with Crippen molar-refractivity contribution in [3.63, 3.8) is 0 Å². The minimum absolute atomic E-state index is 0.193. The van der Waals surface area contributed by atoms with Crippen LogP contribution < -0.4 is 9.64 Å². The molecule has 1 amide bonds. The Morgan fingerprint density at radius 3 is 2.50 bits per heavy atom. The number of ether oxygens (including phenoxy) is 2. The zero-order valence-corrected chi connectivity index (χ0v) is 18.8. The van der Waals surface area contributed by atoms with Crippen molar-refractivity contribution in [1.82, 2.24) is 10.2 Å². The first-order valence-electron chi connectivity index (χ1n) is 11.0. The van der Waals surface area contributed by atoms with Crippen LogP contribution in [0.25, 0.3) is 11.3 Å². The molecular formula is C27H23N3O4. The summed E-state index contributed by atoms with van der Waals surface area (Å²) in [4.78, 5) is 27.5. The van der Waals surface area contributed by atoms with Crippen molar-refractivity contribution >= 4 is 17.6 Å². The summed E-state index contributed by atoms with van der Waals surface area (Å²) in [6.45, 7) is 2.06. The number of nitrogens with one attached hydrogen (secondary N) is 1. The number of anilines is 1. The molecule has 0 saturated carbocycles. The number of fused-ring (bicyclic) bond motifs is 1. The van der Waals surface area contributed by atoms with Gasteiger partial charge in [0, 0.05) is 16.8 Å². The molecule has 0 spiro atoms. The molecule has 0 saturated heterocycles. The predicted molar refractivity (Wildman–Crippen MR) is 128 cm³/mol. The lowest BCUT2D eigenvalue weighted by Crippen LogP contribution is -2.29. The van der Waals surface area contributed by atoms with Gasteiger partial charge in [-0.3, -0.25) is 14.8 Å². The third-order valence-electron chi connectivity index (χ3n) is 5.88. The van der Waals surface area contributed by atoms with Gasteiger partial charge in [0.2, 0.25) is 0 Å². The largest absolute Gasteiger partial charge is 0.497 e. The Bertz CT molecular complexity index is 1350. The average molecular weight is 453 g/mol. The van der Waals surface area contributed by atoms with Crippen LogP contribution in [0.15, 0.2) is 78.9 Å². The smallest absolute Gasteiger partial charge is 0.338 e. The lowest BCUT2D eigenvalue weighted by Gasteiger charge is -2.27. The number of aromatic nitrogens is 2. The van der Waals surface area contributed by atoms with E-state index in [0.717, 1.165) is 22.4 Å². The molecule has 170 valence electrons. The molecule has 4 aromatic rings. The molecule has 1 N–H and O–H groups in total. The molecule has 1 aliphatic heterocycles. The van der Waals surface area contributed by atoms with E-state index in [1.54, 1.807) is 43.2 Å². The van der Waals surface area contributed by atoms with Crippen molar-refractivity contribution < 1.29 is 19.1 Å². The van der Waals surface area contributed by atoms with E-state index in [4.69, 9.17) is 9.47 Å². The van der Waals surface area contributed by atoms with E-state index >= 15 is 0 Å². The first-order chi connectivity index (χ1) is 16.6. The van der Waals surface area contributed by atoms with Crippen LogP contribution >= 0.6 is 0 Å². The predicted octanol–water partition coefficient (Wildman–Crippen LogP) is 5.01. The molecule has 1 aliphatic rings. The number of hydrogen-bond donors (Lipinski definition) is 1. The second-order valence-corrected chi connectivity index (χ2v) is 7.85. The third kappa shape index (κ3) is 3.61. The highest BCUT2D eigenvalue weighted by Gasteiger charge is 2.43. The Balaban J connectivity index is 1.64. The van der Waals surface area contributed by atoms with Gasteiger partial charge in [0.1, 0.15) is 11.4 Å². The van der Waals surface area contributed by atoms with Gasteiger partial charge in [-0.05, 0) is 48.9 Å². The fourth-order valence-corrected chi connectivity index (χ4v) is 4.33. The fourth-order valence-electron chi connectivity index (χ4n) is 4.33. The van der Waals surface area contributed by atoms with Crippen LogP contribution in [0.5, 0.6) is 5.75 Å². The summed E-state index contributed by atoms with van der Waals surface area (Å²) in [7, 11) is 1.61. The van der Waals surface area contributed by atoms with Crippen molar-refractivity contribution in [2.45, 2.75) is 13.0 Å². The molecule has 1 aromatic heterocycles. The van der Waals surface area contributed by atoms with Crippen molar-refractivity contribution in [2.24, 2.45) is 0 Å². The molecular weight excluding hydrogens is 430 g/mol. The average Bonchev–Trinajstić information content (AvgIpc) is 3.44. The Morgan fingerprint density at radius 2 is 1.79 bits per heavy atom. The lowest BCUT2D eigenvalue weighted by molar-refractivity contribution is 0.0526. The van der Waals surface area contributed by atoms with E-state index in [0.29, 0.717) is 29.3 Å². The van der Waals surface area contributed by atoms with Gasteiger partial charge in [-0.15, -0.1) is 0 Å². The van der Waals surface area contributed by atoms with Crippen molar-refractivity contribution in [1.29, 1.82) is 0 Å². The summed E-state index contributed by atoms with van der Waals surface area (Å²) in [5.74, 6) is 0.106. The molecule has 5 rings (SSSR count). The quantitative estimate of drug-likeness (QED) is 0.415. The van der Waals surface area contributed by atoms with Crippen LogP contribution in [-0.2, 0) is 4.74 Å². The number of H-pyrrole nitrogens is 1. The Labute approximate surface area is 196 Å². The van der Waals surface area contributed by atoms with E-state index < -0.39 is 12.0 Å². The molecule has 7 nitrogen and oxygen atoms in total. The van der Waals surface area contributed by atoms with Gasteiger partial charge in [0.05, 0.1) is 31.0 Å². The molecule has 0 bridgehead atoms. The van der Waals surface area contributed by atoms with E-state index in [9.17, 15) is 9.59 Å². The molecule has 7 heteroatoms. The molecule has 0 radical (unpaired) electrons. The molecule has 1 unspecified atom stereocenters. The molecule has 0 aliphatic carbocycles. The highest BCUT2D eigenvalue weighted by atomic mass is 16.5. The summed E-state index contributed by atoms with van der Waals surface area (Å²) in [6, 6.07) is 23.9. The maximum absolute atomic E-state index is 13.6. The van der Waals surface area contributed by atoms with Crippen LogP contribution in [0.3, 0.4) is 0 Å². The topological polar surface area (TPSA) is 84.5 Å². The minimum atomic E-state index is -0.431. The Kier molecular flexibility index (Phi) is 5.59. The van der Waals surface area contributed by atoms with E-state index in [1.807, 2.05) is 54.6 Å². The minimum Gasteiger partial charge on any atom is -0.497 e. The Hall–Kier alpha value is -4.39. The standard InChI is InChI=1S/C27H23N3O4/c1-3-34-27(32)18-12-14-20(15-13-18)30-25(19-10-7-11-21(16-19)33-2)22-23(17-8-5-4-6-9-17)28-29-24(22)26(30)31/h4-16,25H,3H2,1-2H3,(H,28,29). The summed E-state index contributed by atoms with van der Waals surface area (Å²) in [6.07, 6.45) is 0. The van der Waals surface area contributed by atoms with Gasteiger partial charge in [-0.2, -0.15) is 5.10 Å². The molecule has 34 heavy (non-hydrogen) atoms. The van der Waals surface area contributed by atoms with Crippen LogP contribution in [0.2, 0.25) is 0 Å². The van der Waals surface area contributed by atoms with Gasteiger partial charge in [-0.25, -0.2) is 4.79 Å². The number of methoxy groups -OCH3 is 1. The van der Waals surface area contributed by atoms with Gasteiger partial charge in [-0.1, -0.05) is 42.5 Å². The van der Waals surface area contributed by atoms with Crippen molar-refractivity contribution in [3.8, 4) is 17.0 Å². The van der Waals surface area contributed by atoms with Crippen molar-refractivity contribution in [2.75, 3.05) is 18.6 Å². The molecule has 3 aromatic carbocycles. The molecule has 1 atom stereocenters. The molecule has 0 fully saturated rings. The van der Waals surface area contributed by atoms with E-state index in [2.05, 4.69) is 10.2 Å². The van der Waals surface area contributed by atoms with Crippen LogP contribution in [-0.4, -0.2) is 35.8 Å². The van der Waals surface area contributed by atoms with Gasteiger partial charge < -0.3 is 9.47 Å². The summed E-state index contributed by atoms with van der Waals surface area (Å²) in [5, 5.41) is 7.46. The lowest BCUT2D eigenvalue weighted by atomic mass is 9.95. The second-order valence-electron chi connectivity index (χ2n) is 7.85. The maximum Gasteiger partial charge on any atom is 0.338 e. The molecule has 2 heterocycles. The number of amides is 1. The van der Waals surface area contributed by atoms with Crippen molar-refractivity contribution in [3.05, 3.63) is 101 Å². The summed E-state index contributed by atoms with van der Waals surface area (Å²) in [5.41, 5.74) is 4.87. The number of aromatic amines is 1. The van der Waals surface area contributed by atoms with Gasteiger partial charge >= 0.3 is 5.97 Å². The summed E-state index contributed by atoms with van der Waals surface area (Å²) < 4.78 is 10.5. The SMILES string of the molecule is CCOC(=O)c1ccc(N2C(=O)c3[nH]nc(-c4ccccc4)c3C2c2cccc(OC)c2)cc1. The summed E-state index contributed by atoms with van der Waals surface area (Å²) >= 11 is 0. The number of carbonyl (C=O) groups excluding carboxylic acids is 2. The number of esters is 1. The monoisotopic (exact) mass is 453 g/mol. The van der Waals surface area contributed by atoms with Crippen LogP contribution in [0.1, 0.15) is 44.9 Å². The van der Waals surface area contributed by atoms with Gasteiger partial charge in [0.15, 0.2) is 0 Å². The Morgan fingerprint density at radius 1 is 1.03 bits per heavy atom. The first-order valence-corrected chi connectivity index (χ1v) is 11.0. The third-order valence-corrected chi connectivity index (χ3v) is 5.88. The number of rotatable bonds is 6. The fraction of sp³-hybridized carbons (Fsp3) is 0.148.